The zero-order chi connectivity index (χ0) is 22.2. The number of ether oxygens (including phenoxy) is 2. The number of thiophene rings is 1. The van der Waals surface area contributed by atoms with Crippen molar-refractivity contribution in [3.05, 3.63) is 34.4 Å². The molecule has 1 amide bonds. The molecule has 1 aliphatic heterocycles. The Hall–Kier alpha value is -2.21. The Labute approximate surface area is 188 Å². The van der Waals surface area contributed by atoms with Crippen molar-refractivity contribution in [1.82, 2.24) is 8.87 Å². The highest BCUT2D eigenvalue weighted by atomic mass is 32.2. The molecular formula is C20H23N3O5S3. The number of nitrogens with zero attached hydrogens (tertiary/aromatic N) is 3. The second-order valence-corrected chi connectivity index (χ2v) is 11.2. The minimum atomic E-state index is -3.72. The van der Waals surface area contributed by atoms with E-state index in [-0.39, 0.29) is 4.21 Å². The lowest BCUT2D eigenvalue weighted by atomic mass is 10.0. The van der Waals surface area contributed by atoms with Gasteiger partial charge in [-0.3, -0.25) is 4.79 Å². The number of fused-ring (bicyclic) bond motifs is 1. The van der Waals surface area contributed by atoms with Crippen molar-refractivity contribution >= 4 is 48.8 Å². The van der Waals surface area contributed by atoms with Crippen molar-refractivity contribution in [3.63, 3.8) is 0 Å². The maximum atomic E-state index is 13.1. The van der Waals surface area contributed by atoms with Gasteiger partial charge in [0.2, 0.25) is 0 Å². The summed E-state index contributed by atoms with van der Waals surface area (Å²) >= 11 is 2.50. The van der Waals surface area contributed by atoms with E-state index in [4.69, 9.17) is 9.47 Å². The monoisotopic (exact) mass is 481 g/mol. The summed E-state index contributed by atoms with van der Waals surface area (Å²) in [5.74, 6) is 0.734. The molecule has 1 unspecified atom stereocenters. The summed E-state index contributed by atoms with van der Waals surface area (Å²) in [6, 6.07) is 6.15. The Kier molecular flexibility index (Phi) is 6.20. The van der Waals surface area contributed by atoms with E-state index in [1.807, 2.05) is 19.2 Å². The number of rotatable bonds is 5. The van der Waals surface area contributed by atoms with Crippen LogP contribution >= 0.6 is 22.7 Å². The third kappa shape index (κ3) is 4.02. The van der Waals surface area contributed by atoms with Gasteiger partial charge in [-0.15, -0.1) is 11.3 Å². The van der Waals surface area contributed by atoms with E-state index < -0.39 is 22.0 Å². The predicted octanol–water partition coefficient (Wildman–Crippen LogP) is 2.99. The Morgan fingerprint density at radius 3 is 2.61 bits per heavy atom. The molecule has 2 aromatic heterocycles. The average molecular weight is 482 g/mol. The molecule has 0 saturated carbocycles. The molecule has 1 aliphatic rings. The van der Waals surface area contributed by atoms with Gasteiger partial charge in [0.05, 0.1) is 24.4 Å². The molecule has 0 N–H and O–H groups in total. The van der Waals surface area contributed by atoms with Crippen molar-refractivity contribution in [2.24, 2.45) is 12.0 Å². The van der Waals surface area contributed by atoms with Crippen LogP contribution in [0.1, 0.15) is 19.3 Å². The van der Waals surface area contributed by atoms with Crippen molar-refractivity contribution in [2.75, 3.05) is 20.8 Å². The maximum absolute atomic E-state index is 13.1. The standard InChI is InChI=1S/C20H23N3O5S3/c1-22-14-11-15(27-2)16(28-3)12-17(14)30-20(22)21-19(24)13-7-4-5-9-23(13)31(25,26)18-8-6-10-29-18/h6,8,10-13H,4-5,7,9H2,1-3H3. The molecule has 0 bridgehead atoms. The Balaban J connectivity index is 1.73. The first-order valence-corrected chi connectivity index (χ1v) is 12.9. The predicted molar refractivity (Wildman–Crippen MR) is 120 cm³/mol. The number of methoxy groups -OCH3 is 2. The number of amides is 1. The summed E-state index contributed by atoms with van der Waals surface area (Å²) in [6.07, 6.45) is 1.98. The summed E-state index contributed by atoms with van der Waals surface area (Å²) in [6.45, 7) is 0.319. The van der Waals surface area contributed by atoms with Gasteiger partial charge in [-0.2, -0.15) is 9.30 Å². The van der Waals surface area contributed by atoms with E-state index in [0.717, 1.165) is 34.4 Å². The highest BCUT2D eigenvalue weighted by Crippen LogP contribution is 2.33. The van der Waals surface area contributed by atoms with Gasteiger partial charge < -0.3 is 14.0 Å². The molecule has 8 nitrogen and oxygen atoms in total. The first kappa shape index (κ1) is 22.0. The topological polar surface area (TPSA) is 90.2 Å². The fourth-order valence-corrected chi connectivity index (χ4v) is 7.50. The Morgan fingerprint density at radius 2 is 1.94 bits per heavy atom. The summed E-state index contributed by atoms with van der Waals surface area (Å²) in [4.78, 5) is 18.0. The van der Waals surface area contributed by atoms with E-state index in [0.29, 0.717) is 29.3 Å². The molecule has 0 spiro atoms. The Bertz CT molecular complexity index is 1280. The van der Waals surface area contributed by atoms with Gasteiger partial charge >= 0.3 is 0 Å². The molecule has 3 aromatic rings. The van der Waals surface area contributed by atoms with Crippen molar-refractivity contribution in [3.8, 4) is 11.5 Å². The van der Waals surface area contributed by atoms with Crippen molar-refractivity contribution in [2.45, 2.75) is 29.5 Å². The second-order valence-electron chi connectivity index (χ2n) is 7.13. The summed E-state index contributed by atoms with van der Waals surface area (Å²) in [5.41, 5.74) is 0.848. The van der Waals surface area contributed by atoms with Crippen molar-refractivity contribution in [1.29, 1.82) is 0 Å². The van der Waals surface area contributed by atoms with Gasteiger partial charge in [0.15, 0.2) is 16.3 Å². The van der Waals surface area contributed by atoms with Crippen LogP contribution in [-0.2, 0) is 21.9 Å². The molecule has 1 atom stereocenters. The van der Waals surface area contributed by atoms with Crippen LogP contribution in [0.5, 0.6) is 11.5 Å². The van der Waals surface area contributed by atoms with Crippen LogP contribution in [0.2, 0.25) is 0 Å². The second kappa shape index (κ2) is 8.73. The number of aromatic nitrogens is 1. The van der Waals surface area contributed by atoms with Gasteiger partial charge in [0.1, 0.15) is 10.3 Å². The number of sulfonamides is 1. The zero-order valence-electron chi connectivity index (χ0n) is 17.4. The molecule has 166 valence electrons. The molecule has 1 fully saturated rings. The van der Waals surface area contributed by atoms with Crippen LogP contribution in [0.15, 0.2) is 38.8 Å². The molecular weight excluding hydrogens is 458 g/mol. The Morgan fingerprint density at radius 1 is 1.19 bits per heavy atom. The highest BCUT2D eigenvalue weighted by Gasteiger charge is 2.38. The van der Waals surface area contributed by atoms with Crippen LogP contribution in [0.3, 0.4) is 0 Å². The largest absolute Gasteiger partial charge is 0.493 e. The first-order chi connectivity index (χ1) is 14.9. The minimum absolute atomic E-state index is 0.249. The number of hydrogen-bond donors (Lipinski definition) is 0. The number of piperidine rings is 1. The number of thiazole rings is 1. The SMILES string of the molecule is COc1cc2sc(=NC(=O)C3CCCCN3S(=O)(=O)c3cccs3)n(C)c2cc1OC. The summed E-state index contributed by atoms with van der Waals surface area (Å²) in [7, 11) is 1.23. The van der Waals surface area contributed by atoms with Gasteiger partial charge in [0.25, 0.3) is 15.9 Å². The average Bonchev–Trinajstić information content (AvgIpc) is 3.42. The fourth-order valence-electron chi connectivity index (χ4n) is 3.70. The van der Waals surface area contributed by atoms with Gasteiger partial charge in [-0.05, 0) is 24.3 Å². The quantitative estimate of drug-likeness (QED) is 0.559. The molecule has 31 heavy (non-hydrogen) atoms. The van der Waals surface area contributed by atoms with E-state index in [9.17, 15) is 13.2 Å². The number of benzene rings is 1. The van der Waals surface area contributed by atoms with Crippen LogP contribution in [0.4, 0.5) is 0 Å². The summed E-state index contributed by atoms with van der Waals surface area (Å²) < 4.78 is 41.1. The zero-order valence-corrected chi connectivity index (χ0v) is 19.8. The lowest BCUT2D eigenvalue weighted by Crippen LogP contribution is -2.47. The highest BCUT2D eigenvalue weighted by molar-refractivity contribution is 7.91. The van der Waals surface area contributed by atoms with E-state index in [1.165, 1.54) is 15.6 Å². The van der Waals surface area contributed by atoms with E-state index in [2.05, 4.69) is 4.99 Å². The number of carbonyl (C=O) groups is 1. The third-order valence-electron chi connectivity index (χ3n) is 5.32. The lowest BCUT2D eigenvalue weighted by molar-refractivity contribution is -0.122. The van der Waals surface area contributed by atoms with Crippen LogP contribution in [0, 0.1) is 0 Å². The normalized spacial score (nSPS) is 18.4. The van der Waals surface area contributed by atoms with E-state index >= 15 is 0 Å². The molecule has 0 radical (unpaired) electrons. The van der Waals surface area contributed by atoms with Crippen LogP contribution in [0.25, 0.3) is 10.2 Å². The van der Waals surface area contributed by atoms with Crippen LogP contribution in [-0.4, -0.2) is 50.0 Å². The minimum Gasteiger partial charge on any atom is -0.493 e. The molecule has 1 aromatic carbocycles. The van der Waals surface area contributed by atoms with Crippen LogP contribution < -0.4 is 14.3 Å². The first-order valence-electron chi connectivity index (χ1n) is 9.72. The third-order valence-corrected chi connectivity index (χ3v) is 9.69. The molecule has 11 heteroatoms. The number of hydrogen-bond acceptors (Lipinski definition) is 7. The smallest absolute Gasteiger partial charge is 0.266 e. The lowest BCUT2D eigenvalue weighted by Gasteiger charge is -2.31. The molecule has 3 heterocycles. The molecule has 0 aliphatic carbocycles. The molecule has 4 rings (SSSR count). The summed E-state index contributed by atoms with van der Waals surface area (Å²) in [5, 5.41) is 1.72. The van der Waals surface area contributed by atoms with Gasteiger partial charge in [0, 0.05) is 25.7 Å². The number of carbonyl (C=O) groups excluding carboxylic acids is 1. The molecule has 1 saturated heterocycles. The number of aryl methyl sites for hydroxylation is 1. The van der Waals surface area contributed by atoms with Gasteiger partial charge in [-0.1, -0.05) is 23.8 Å². The maximum Gasteiger partial charge on any atom is 0.266 e. The fraction of sp³-hybridized carbons (Fsp3) is 0.400. The van der Waals surface area contributed by atoms with Gasteiger partial charge in [-0.25, -0.2) is 8.42 Å². The van der Waals surface area contributed by atoms with Crippen molar-refractivity contribution < 1.29 is 22.7 Å². The van der Waals surface area contributed by atoms with E-state index in [1.54, 1.807) is 36.3 Å².